The van der Waals surface area contributed by atoms with E-state index in [1.54, 1.807) is 35.2 Å². The summed E-state index contributed by atoms with van der Waals surface area (Å²) in [4.78, 5) is 15.1. The topological polar surface area (TPSA) is 78.5 Å². The van der Waals surface area contributed by atoms with Gasteiger partial charge in [-0.05, 0) is 42.7 Å². The molecule has 1 saturated heterocycles. The van der Waals surface area contributed by atoms with Gasteiger partial charge in [-0.1, -0.05) is 41.4 Å². The lowest BCUT2D eigenvalue weighted by Crippen LogP contribution is -2.36. The third-order valence-electron chi connectivity index (χ3n) is 5.71. The molecule has 2 aliphatic heterocycles. The zero-order valence-electron chi connectivity index (χ0n) is 15.9. The number of aromatic hydroxyl groups is 1. The number of carbonyl (C=O) groups is 1. The van der Waals surface area contributed by atoms with Gasteiger partial charge in [-0.25, -0.2) is 0 Å². The summed E-state index contributed by atoms with van der Waals surface area (Å²) in [5.74, 6) is -0.0459. The summed E-state index contributed by atoms with van der Waals surface area (Å²) < 4.78 is 5.79. The molecule has 0 unspecified atom stereocenters. The number of aromatic amines is 1. The molecular weight excluding hydrogens is 425 g/mol. The first-order chi connectivity index (χ1) is 14.5. The minimum Gasteiger partial charge on any atom is -0.507 e. The zero-order chi connectivity index (χ0) is 20.8. The molecule has 2 atom stereocenters. The van der Waals surface area contributed by atoms with E-state index in [-0.39, 0.29) is 17.8 Å². The number of phenols is 1. The molecule has 1 aromatic heterocycles. The van der Waals surface area contributed by atoms with Crippen LogP contribution < -0.4 is 0 Å². The molecule has 0 spiro atoms. The minimum absolute atomic E-state index is 0.00948. The lowest BCUT2D eigenvalue weighted by atomic mass is 9.95. The Kier molecular flexibility index (Phi) is 4.93. The van der Waals surface area contributed by atoms with Crippen LogP contribution in [0, 0.1) is 0 Å². The van der Waals surface area contributed by atoms with E-state index in [1.807, 2.05) is 12.1 Å². The van der Waals surface area contributed by atoms with Crippen molar-refractivity contribution in [1.82, 2.24) is 15.1 Å². The van der Waals surface area contributed by atoms with E-state index in [0.29, 0.717) is 40.1 Å². The highest BCUT2D eigenvalue weighted by atomic mass is 35.5. The SMILES string of the molecule is O=C1c2[nH]nc(-c3ccccc3O)c2[C@H](c2ccc(Cl)c(Cl)c2)N1C[C@H]1CCCO1. The van der Waals surface area contributed by atoms with Crippen LogP contribution in [0.1, 0.15) is 40.5 Å². The predicted octanol–water partition coefficient (Wildman–Crippen LogP) is 4.81. The molecule has 1 amide bonds. The Hall–Kier alpha value is -2.54. The van der Waals surface area contributed by atoms with E-state index in [9.17, 15) is 9.90 Å². The number of halogens is 2. The number of H-pyrrole nitrogens is 1. The van der Waals surface area contributed by atoms with Crippen molar-refractivity contribution < 1.29 is 14.6 Å². The summed E-state index contributed by atoms with van der Waals surface area (Å²) >= 11 is 12.4. The van der Waals surface area contributed by atoms with Crippen molar-refractivity contribution in [2.75, 3.05) is 13.2 Å². The van der Waals surface area contributed by atoms with Crippen molar-refractivity contribution in [3.63, 3.8) is 0 Å². The molecule has 3 aromatic rings. The van der Waals surface area contributed by atoms with Gasteiger partial charge in [-0.15, -0.1) is 0 Å². The van der Waals surface area contributed by atoms with Crippen molar-refractivity contribution >= 4 is 29.1 Å². The van der Waals surface area contributed by atoms with E-state index in [0.717, 1.165) is 24.0 Å². The lowest BCUT2D eigenvalue weighted by Gasteiger charge is -2.28. The Morgan fingerprint density at radius 2 is 2.03 bits per heavy atom. The third kappa shape index (κ3) is 3.16. The molecule has 3 heterocycles. The number of nitrogens with one attached hydrogen (secondary N) is 1. The summed E-state index contributed by atoms with van der Waals surface area (Å²) in [6.45, 7) is 1.17. The van der Waals surface area contributed by atoms with Gasteiger partial charge in [0.25, 0.3) is 5.91 Å². The van der Waals surface area contributed by atoms with Crippen LogP contribution in [-0.4, -0.2) is 45.4 Å². The average molecular weight is 444 g/mol. The van der Waals surface area contributed by atoms with Crippen LogP contribution in [0.15, 0.2) is 42.5 Å². The number of fused-ring (bicyclic) bond motifs is 1. The molecule has 2 N–H and O–H groups in total. The summed E-state index contributed by atoms with van der Waals surface area (Å²) in [6, 6.07) is 11.9. The van der Waals surface area contributed by atoms with Crippen LogP contribution in [0.25, 0.3) is 11.3 Å². The van der Waals surface area contributed by atoms with E-state index in [2.05, 4.69) is 10.2 Å². The number of amides is 1. The van der Waals surface area contributed by atoms with Crippen LogP contribution >= 0.6 is 23.2 Å². The van der Waals surface area contributed by atoms with Crippen LogP contribution in [0.5, 0.6) is 5.75 Å². The number of rotatable bonds is 4. The van der Waals surface area contributed by atoms with Crippen molar-refractivity contribution in [2.45, 2.75) is 25.0 Å². The van der Waals surface area contributed by atoms with E-state index in [1.165, 1.54) is 0 Å². The number of benzene rings is 2. The minimum atomic E-state index is -0.417. The van der Waals surface area contributed by atoms with Gasteiger partial charge >= 0.3 is 0 Å². The smallest absolute Gasteiger partial charge is 0.273 e. The molecule has 0 saturated carbocycles. The first-order valence-corrected chi connectivity index (χ1v) is 10.5. The fourth-order valence-corrected chi connectivity index (χ4v) is 4.61. The number of hydrogen-bond acceptors (Lipinski definition) is 4. The summed E-state index contributed by atoms with van der Waals surface area (Å²) in [7, 11) is 0. The van der Waals surface area contributed by atoms with Gasteiger partial charge < -0.3 is 14.7 Å². The highest BCUT2D eigenvalue weighted by Gasteiger charge is 2.43. The largest absolute Gasteiger partial charge is 0.507 e. The molecule has 6 nitrogen and oxygen atoms in total. The maximum atomic E-state index is 13.3. The van der Waals surface area contributed by atoms with Gasteiger partial charge in [0.05, 0.1) is 22.2 Å². The summed E-state index contributed by atoms with van der Waals surface area (Å²) in [6.07, 6.45) is 1.89. The highest BCUT2D eigenvalue weighted by molar-refractivity contribution is 6.42. The van der Waals surface area contributed by atoms with Crippen molar-refractivity contribution in [3.05, 3.63) is 69.3 Å². The summed E-state index contributed by atoms with van der Waals surface area (Å²) in [5.41, 5.74) is 3.07. The van der Waals surface area contributed by atoms with Gasteiger partial charge in [0.2, 0.25) is 0 Å². The number of nitrogens with zero attached hydrogens (tertiary/aromatic N) is 2. The molecule has 2 aliphatic rings. The number of hydrogen-bond donors (Lipinski definition) is 2. The molecule has 1 fully saturated rings. The average Bonchev–Trinajstić information content (AvgIpc) is 3.45. The Bertz CT molecular complexity index is 1120. The molecule has 5 rings (SSSR count). The van der Waals surface area contributed by atoms with Crippen LogP contribution in [0.2, 0.25) is 10.0 Å². The second-order valence-corrected chi connectivity index (χ2v) is 8.36. The fourth-order valence-electron chi connectivity index (χ4n) is 4.30. The fraction of sp³-hybridized carbons (Fsp3) is 0.273. The molecule has 154 valence electrons. The molecule has 8 heteroatoms. The lowest BCUT2D eigenvalue weighted by molar-refractivity contribution is 0.0495. The van der Waals surface area contributed by atoms with Gasteiger partial charge in [-0.3, -0.25) is 9.89 Å². The molecule has 2 aromatic carbocycles. The van der Waals surface area contributed by atoms with Crippen molar-refractivity contribution in [1.29, 1.82) is 0 Å². The summed E-state index contributed by atoms with van der Waals surface area (Å²) in [5, 5.41) is 18.5. The Morgan fingerprint density at radius 1 is 1.20 bits per heavy atom. The molecule has 0 aliphatic carbocycles. The van der Waals surface area contributed by atoms with Gasteiger partial charge in [-0.2, -0.15) is 5.10 Å². The number of para-hydroxylation sites is 1. The van der Waals surface area contributed by atoms with E-state index in [4.69, 9.17) is 27.9 Å². The van der Waals surface area contributed by atoms with Crippen molar-refractivity contribution in [2.24, 2.45) is 0 Å². The first-order valence-electron chi connectivity index (χ1n) is 9.78. The molecule has 0 bridgehead atoms. The zero-order valence-corrected chi connectivity index (χ0v) is 17.5. The quantitative estimate of drug-likeness (QED) is 0.605. The molecule has 0 radical (unpaired) electrons. The van der Waals surface area contributed by atoms with Crippen LogP contribution in [-0.2, 0) is 4.74 Å². The molecular formula is C22H19Cl2N3O3. The Balaban J connectivity index is 1.66. The first kappa shape index (κ1) is 19.4. The van der Waals surface area contributed by atoms with E-state index >= 15 is 0 Å². The number of aromatic nitrogens is 2. The third-order valence-corrected chi connectivity index (χ3v) is 6.45. The van der Waals surface area contributed by atoms with Crippen molar-refractivity contribution in [3.8, 4) is 17.0 Å². The standard InChI is InChI=1S/C22H19Cl2N3O3/c23-15-8-7-12(10-16(15)24)21-18-19(14-5-1-2-6-17(14)28)25-26-20(18)22(29)27(21)11-13-4-3-9-30-13/h1-2,5-8,10,13,21,28H,3-4,9,11H2,(H,25,26)/t13-,21+/m1/s1. The Morgan fingerprint density at radius 3 is 2.77 bits per heavy atom. The monoisotopic (exact) mass is 443 g/mol. The van der Waals surface area contributed by atoms with E-state index < -0.39 is 6.04 Å². The van der Waals surface area contributed by atoms with Gasteiger partial charge in [0.15, 0.2) is 0 Å². The van der Waals surface area contributed by atoms with Gasteiger partial charge in [0.1, 0.15) is 17.1 Å². The van der Waals surface area contributed by atoms with Crippen LogP contribution in [0.4, 0.5) is 0 Å². The number of carbonyl (C=O) groups excluding carboxylic acids is 1. The number of phenolic OH excluding ortho intramolecular Hbond substituents is 1. The normalized spacial score (nSPS) is 20.7. The van der Waals surface area contributed by atoms with Gasteiger partial charge in [0, 0.05) is 24.3 Å². The van der Waals surface area contributed by atoms with Crippen LogP contribution in [0.3, 0.4) is 0 Å². The second-order valence-electron chi connectivity index (χ2n) is 7.55. The molecule has 30 heavy (non-hydrogen) atoms. The maximum Gasteiger partial charge on any atom is 0.273 e. The Labute approximate surface area is 183 Å². The highest BCUT2D eigenvalue weighted by Crippen LogP contribution is 2.45. The maximum absolute atomic E-state index is 13.3. The number of ether oxygens (including phenoxy) is 1. The predicted molar refractivity (Wildman–Crippen MR) is 114 cm³/mol. The second kappa shape index (κ2) is 7.61.